The van der Waals surface area contributed by atoms with Crippen LogP contribution < -0.4 is 4.74 Å². The van der Waals surface area contributed by atoms with Gasteiger partial charge in [0, 0.05) is 12.0 Å². The van der Waals surface area contributed by atoms with E-state index in [1.807, 2.05) is 6.08 Å². The monoisotopic (exact) mass is 756 g/mol. The average Bonchev–Trinajstić information content (AvgIpc) is 3.98. The van der Waals surface area contributed by atoms with E-state index in [1.165, 1.54) is 12.1 Å². The molecule has 0 unspecified atom stereocenters. The molecule has 4 aliphatic carbocycles. The van der Waals surface area contributed by atoms with Crippen LogP contribution in [-0.4, -0.2) is 110 Å². The second-order valence-corrected chi connectivity index (χ2v) is 14.0. The molecule has 5 aliphatic rings. The topological polar surface area (TPSA) is 242 Å². The maximum atomic E-state index is 13.5. The van der Waals surface area contributed by atoms with E-state index in [9.17, 15) is 49.5 Å². The summed E-state index contributed by atoms with van der Waals surface area (Å²) in [7, 11) is 0. The number of allylic oxidation sites excluding steroid dienone is 3. The van der Waals surface area contributed by atoms with Crippen LogP contribution in [0.4, 0.5) is 0 Å². The Kier molecular flexibility index (Phi) is 12.2. The SMILES string of the molecule is O=C(O[C@@H]1[C@@H](Oc2ccc(O)cc2COC(=O)[C@]2(O)[C@H](O)CCC(=O)[C@@H]2OC(=O)[C@@H]2C=CCC2)O[C@@H](COC(=O)[C@H]2C=CCC2)[C@H](O)[C@H]1O)[C@@H]1C=CCC1. The van der Waals surface area contributed by atoms with E-state index in [-0.39, 0.29) is 29.9 Å². The van der Waals surface area contributed by atoms with Crippen LogP contribution in [-0.2, 0) is 54.3 Å². The number of ketones is 1. The first-order valence-electron chi connectivity index (χ1n) is 18.0. The normalized spacial score (nSPS) is 34.4. The minimum absolute atomic E-state index is 0.0581. The average molecular weight is 757 g/mol. The molecule has 5 N–H and O–H groups in total. The molecule has 1 aliphatic heterocycles. The molecule has 16 heteroatoms. The van der Waals surface area contributed by atoms with E-state index in [2.05, 4.69) is 0 Å². The molecule has 0 spiro atoms. The van der Waals surface area contributed by atoms with Gasteiger partial charge in [0.25, 0.3) is 0 Å². The molecule has 16 nitrogen and oxygen atoms in total. The van der Waals surface area contributed by atoms with Crippen molar-refractivity contribution in [3.8, 4) is 11.5 Å². The van der Waals surface area contributed by atoms with Gasteiger partial charge in [-0.2, -0.15) is 0 Å². The molecule has 0 bridgehead atoms. The van der Waals surface area contributed by atoms with Gasteiger partial charge in [0.05, 0.1) is 23.9 Å². The van der Waals surface area contributed by atoms with Gasteiger partial charge in [-0.15, -0.1) is 0 Å². The fraction of sp³-hybridized carbons (Fsp3) is 0.553. The molecule has 292 valence electrons. The second kappa shape index (κ2) is 16.8. The van der Waals surface area contributed by atoms with Gasteiger partial charge in [-0.1, -0.05) is 36.5 Å². The van der Waals surface area contributed by atoms with Crippen LogP contribution in [0.3, 0.4) is 0 Å². The van der Waals surface area contributed by atoms with Gasteiger partial charge in [0.15, 0.2) is 11.9 Å². The molecule has 1 aromatic carbocycles. The molecule has 6 rings (SSSR count). The third-order valence-electron chi connectivity index (χ3n) is 10.3. The smallest absolute Gasteiger partial charge is 0.345 e. The number of esters is 4. The number of carbonyl (C=O) groups is 5. The van der Waals surface area contributed by atoms with Gasteiger partial charge in [0.2, 0.25) is 18.0 Å². The Morgan fingerprint density at radius 3 is 2.02 bits per heavy atom. The van der Waals surface area contributed by atoms with E-state index >= 15 is 0 Å². The van der Waals surface area contributed by atoms with Crippen LogP contribution in [0.1, 0.15) is 56.9 Å². The number of carbonyl (C=O) groups excluding carboxylic acids is 5. The standard InChI is InChI=1S/C38H44O16/c39-24-13-15-26(23(17-24)18-50-37(47)38(48)28(41)16-14-25(40)32(38)54-35(46)22-11-5-6-12-22)51-36-31(53-34(45)21-9-3-4-10-21)30(43)29(42)27(52-36)19-49-33(44)20-7-1-2-8-20/h1,3,5,7,9,11,13,15,17,20-22,27-32,36,39,41-43,48H,2,4,6,8,10,12,14,16,18-19H2/t20-,21+,22+,27-,28+,29-,30+,31-,32-,36-,38-/m0/s1. The predicted molar refractivity (Wildman–Crippen MR) is 181 cm³/mol. The lowest BCUT2D eigenvalue weighted by Gasteiger charge is -2.42. The quantitative estimate of drug-likeness (QED) is 0.113. The molecular weight excluding hydrogens is 712 g/mol. The van der Waals surface area contributed by atoms with Crippen LogP contribution in [0.15, 0.2) is 54.7 Å². The van der Waals surface area contributed by atoms with Crippen LogP contribution >= 0.6 is 0 Å². The largest absolute Gasteiger partial charge is 0.508 e. The van der Waals surface area contributed by atoms with Crippen molar-refractivity contribution in [3.63, 3.8) is 0 Å². The first kappa shape index (κ1) is 39.1. The Balaban J connectivity index is 1.20. The zero-order valence-corrected chi connectivity index (χ0v) is 29.3. The zero-order valence-electron chi connectivity index (χ0n) is 29.3. The van der Waals surface area contributed by atoms with Crippen molar-refractivity contribution in [3.05, 3.63) is 60.2 Å². The van der Waals surface area contributed by atoms with Crippen LogP contribution in [0.2, 0.25) is 0 Å². The number of rotatable bonds is 12. The Bertz CT molecular complexity index is 1680. The number of Topliss-reactive ketones (excluding diaryl/α,β-unsaturated/α-hetero) is 1. The molecule has 0 aromatic heterocycles. The van der Waals surface area contributed by atoms with Crippen molar-refractivity contribution < 1.29 is 77.9 Å². The molecule has 1 saturated carbocycles. The van der Waals surface area contributed by atoms with Gasteiger partial charge in [-0.05, 0) is 63.1 Å². The number of phenols is 1. The highest BCUT2D eigenvalue weighted by molar-refractivity contribution is 5.96. The lowest BCUT2D eigenvalue weighted by Crippen LogP contribution is -2.65. The van der Waals surface area contributed by atoms with Gasteiger partial charge in [0.1, 0.15) is 43.0 Å². The van der Waals surface area contributed by atoms with Gasteiger partial charge >= 0.3 is 23.9 Å². The van der Waals surface area contributed by atoms with E-state index in [4.69, 9.17) is 28.4 Å². The first-order chi connectivity index (χ1) is 25.9. The van der Waals surface area contributed by atoms with E-state index < -0.39 is 109 Å². The zero-order chi connectivity index (χ0) is 38.6. The fourth-order valence-electron chi connectivity index (χ4n) is 7.07. The number of hydrogen-bond donors (Lipinski definition) is 5. The first-order valence-corrected chi connectivity index (χ1v) is 18.0. The molecular formula is C38H44O16. The van der Waals surface area contributed by atoms with Crippen LogP contribution in [0, 0.1) is 17.8 Å². The molecule has 11 atom stereocenters. The van der Waals surface area contributed by atoms with Gasteiger partial charge < -0.3 is 54.0 Å². The molecule has 1 saturated heterocycles. The van der Waals surface area contributed by atoms with Crippen molar-refractivity contribution in [2.75, 3.05) is 6.61 Å². The summed E-state index contributed by atoms with van der Waals surface area (Å²) in [6.07, 6.45) is 1.11. The third-order valence-corrected chi connectivity index (χ3v) is 10.3. The van der Waals surface area contributed by atoms with E-state index in [1.54, 1.807) is 30.4 Å². The molecule has 1 aromatic rings. The summed E-state index contributed by atoms with van der Waals surface area (Å²) >= 11 is 0. The summed E-state index contributed by atoms with van der Waals surface area (Å²) in [5.74, 6) is -6.69. The Labute approximate surface area is 309 Å². The maximum absolute atomic E-state index is 13.5. The number of benzene rings is 1. The van der Waals surface area contributed by atoms with E-state index in [0.717, 1.165) is 6.07 Å². The number of phenolic OH excluding ortho intramolecular Hbond substituents is 1. The van der Waals surface area contributed by atoms with Crippen LogP contribution in [0.25, 0.3) is 0 Å². The summed E-state index contributed by atoms with van der Waals surface area (Å²) in [5.41, 5.74) is -3.03. The van der Waals surface area contributed by atoms with Crippen molar-refractivity contribution in [1.29, 1.82) is 0 Å². The molecule has 0 amide bonds. The van der Waals surface area contributed by atoms with Crippen molar-refractivity contribution >= 4 is 29.7 Å². The number of hydrogen-bond acceptors (Lipinski definition) is 16. The Morgan fingerprint density at radius 2 is 1.41 bits per heavy atom. The fourth-order valence-corrected chi connectivity index (χ4v) is 7.07. The second-order valence-electron chi connectivity index (χ2n) is 14.0. The predicted octanol–water partition coefficient (Wildman–Crippen LogP) is 0.981. The number of ether oxygens (including phenoxy) is 6. The highest BCUT2D eigenvalue weighted by atomic mass is 16.7. The van der Waals surface area contributed by atoms with Gasteiger partial charge in [-0.3, -0.25) is 19.2 Å². The minimum Gasteiger partial charge on any atom is -0.508 e. The number of aliphatic hydroxyl groups excluding tert-OH is 3. The van der Waals surface area contributed by atoms with Crippen molar-refractivity contribution in [2.45, 2.75) is 106 Å². The minimum atomic E-state index is -2.97. The van der Waals surface area contributed by atoms with Crippen molar-refractivity contribution in [1.82, 2.24) is 0 Å². The molecule has 1 heterocycles. The lowest BCUT2D eigenvalue weighted by molar-refractivity contribution is -0.284. The summed E-state index contributed by atoms with van der Waals surface area (Å²) in [5, 5.41) is 54.7. The number of aromatic hydroxyl groups is 1. The molecule has 54 heavy (non-hydrogen) atoms. The lowest BCUT2D eigenvalue weighted by atomic mass is 9.78. The van der Waals surface area contributed by atoms with Crippen molar-refractivity contribution in [2.24, 2.45) is 17.8 Å². The van der Waals surface area contributed by atoms with Crippen LogP contribution in [0.5, 0.6) is 11.5 Å². The van der Waals surface area contributed by atoms with Gasteiger partial charge in [-0.25, -0.2) is 4.79 Å². The summed E-state index contributed by atoms with van der Waals surface area (Å²) in [6, 6.07) is 3.58. The maximum Gasteiger partial charge on any atom is 0.345 e. The molecule has 2 fully saturated rings. The third kappa shape index (κ3) is 8.37. The summed E-state index contributed by atoms with van der Waals surface area (Å²) in [6.45, 7) is -1.24. The van der Waals surface area contributed by atoms with E-state index in [0.29, 0.717) is 38.5 Å². The summed E-state index contributed by atoms with van der Waals surface area (Å²) in [4.78, 5) is 64.8. The summed E-state index contributed by atoms with van der Waals surface area (Å²) < 4.78 is 33.7. The highest BCUT2D eigenvalue weighted by Crippen LogP contribution is 2.35. The molecule has 0 radical (unpaired) electrons. The number of aliphatic hydroxyl groups is 4. The Morgan fingerprint density at radius 1 is 0.796 bits per heavy atom. The highest BCUT2D eigenvalue weighted by Gasteiger charge is 2.59. The Hall–Kier alpha value is -4.61.